The van der Waals surface area contributed by atoms with Gasteiger partial charge in [0.15, 0.2) is 0 Å². The number of carbonyl (C=O) groups is 2. The van der Waals surface area contributed by atoms with Crippen LogP contribution in [0.1, 0.15) is 48.9 Å². The number of hydrogen-bond donors (Lipinski definition) is 1. The van der Waals surface area contributed by atoms with E-state index in [1.807, 2.05) is 4.90 Å². The fourth-order valence-electron chi connectivity index (χ4n) is 3.84. The topological polar surface area (TPSA) is 71.5 Å². The van der Waals surface area contributed by atoms with Crippen LogP contribution in [0.2, 0.25) is 0 Å². The van der Waals surface area contributed by atoms with Crippen LogP contribution in [-0.2, 0) is 9.53 Å². The van der Waals surface area contributed by atoms with Crippen LogP contribution in [0.15, 0.2) is 24.5 Å². The number of carbonyl (C=O) groups excluding carboxylic acids is 2. The molecule has 0 radical (unpaired) electrons. The molecule has 0 unspecified atom stereocenters. The fraction of sp³-hybridized carbons (Fsp3) is 0.632. The number of hydrogen-bond acceptors (Lipinski definition) is 4. The molecule has 3 aliphatic rings. The molecule has 2 aliphatic heterocycles. The van der Waals surface area contributed by atoms with E-state index < -0.39 is 0 Å². The SMILES string of the molecule is O=C(NCC1CC1)[C@@H]1CCC2(CCN(C(=O)c3cccnc3)CC2)O1. The second kappa shape index (κ2) is 6.75. The average Bonchev–Trinajstić information content (AvgIpc) is 3.40. The van der Waals surface area contributed by atoms with Crippen molar-refractivity contribution in [2.75, 3.05) is 19.6 Å². The van der Waals surface area contributed by atoms with Crippen molar-refractivity contribution in [3.05, 3.63) is 30.1 Å². The third-order valence-corrected chi connectivity index (χ3v) is 5.68. The Kier molecular flexibility index (Phi) is 4.46. The highest BCUT2D eigenvalue weighted by Crippen LogP contribution is 2.39. The van der Waals surface area contributed by atoms with Gasteiger partial charge >= 0.3 is 0 Å². The molecule has 2 saturated heterocycles. The molecule has 6 heteroatoms. The van der Waals surface area contributed by atoms with Crippen molar-refractivity contribution < 1.29 is 14.3 Å². The van der Waals surface area contributed by atoms with E-state index in [-0.39, 0.29) is 23.5 Å². The van der Waals surface area contributed by atoms with Crippen molar-refractivity contribution in [2.45, 2.75) is 50.2 Å². The van der Waals surface area contributed by atoms with Crippen molar-refractivity contribution >= 4 is 11.8 Å². The molecule has 2 amide bonds. The number of likely N-dealkylation sites (tertiary alicyclic amines) is 1. The molecule has 3 fully saturated rings. The number of piperidine rings is 1. The lowest BCUT2D eigenvalue weighted by molar-refractivity contribution is -0.140. The molecule has 1 atom stereocenters. The summed E-state index contributed by atoms with van der Waals surface area (Å²) in [6.07, 6.45) is 8.71. The molecule has 1 N–H and O–H groups in total. The van der Waals surface area contributed by atoms with E-state index in [0.717, 1.165) is 32.2 Å². The predicted octanol–water partition coefficient (Wildman–Crippen LogP) is 1.76. The van der Waals surface area contributed by atoms with Gasteiger partial charge < -0.3 is 15.0 Å². The molecule has 1 aliphatic carbocycles. The predicted molar refractivity (Wildman–Crippen MR) is 91.9 cm³/mol. The van der Waals surface area contributed by atoms with Crippen LogP contribution in [-0.4, -0.2) is 53.0 Å². The summed E-state index contributed by atoms with van der Waals surface area (Å²) in [5.74, 6) is 0.748. The lowest BCUT2D eigenvalue weighted by Gasteiger charge is -2.39. The minimum Gasteiger partial charge on any atom is -0.362 e. The molecular formula is C19H25N3O3. The number of aromatic nitrogens is 1. The van der Waals surface area contributed by atoms with Gasteiger partial charge in [0.05, 0.1) is 11.2 Å². The van der Waals surface area contributed by atoms with Gasteiger partial charge in [0.1, 0.15) is 6.10 Å². The first-order valence-electron chi connectivity index (χ1n) is 9.30. The maximum Gasteiger partial charge on any atom is 0.255 e. The lowest BCUT2D eigenvalue weighted by atomic mass is 9.88. The van der Waals surface area contributed by atoms with Gasteiger partial charge in [0.25, 0.3) is 5.91 Å². The van der Waals surface area contributed by atoms with Gasteiger partial charge in [0.2, 0.25) is 5.91 Å². The maximum atomic E-state index is 12.5. The van der Waals surface area contributed by atoms with Crippen LogP contribution < -0.4 is 5.32 Å². The monoisotopic (exact) mass is 343 g/mol. The molecule has 1 aromatic heterocycles. The first-order valence-corrected chi connectivity index (χ1v) is 9.30. The second-order valence-corrected chi connectivity index (χ2v) is 7.55. The van der Waals surface area contributed by atoms with Crippen molar-refractivity contribution in [3.8, 4) is 0 Å². The van der Waals surface area contributed by atoms with Crippen LogP contribution in [0.5, 0.6) is 0 Å². The van der Waals surface area contributed by atoms with E-state index in [2.05, 4.69) is 10.3 Å². The Balaban J connectivity index is 1.29. The molecule has 6 nitrogen and oxygen atoms in total. The quantitative estimate of drug-likeness (QED) is 0.904. The van der Waals surface area contributed by atoms with Crippen LogP contribution >= 0.6 is 0 Å². The summed E-state index contributed by atoms with van der Waals surface area (Å²) in [6, 6.07) is 3.58. The van der Waals surface area contributed by atoms with Crippen molar-refractivity contribution in [2.24, 2.45) is 5.92 Å². The maximum absolute atomic E-state index is 12.5. The molecule has 3 heterocycles. The molecule has 0 bridgehead atoms. The molecule has 1 spiro atoms. The van der Waals surface area contributed by atoms with Crippen LogP contribution in [0.4, 0.5) is 0 Å². The van der Waals surface area contributed by atoms with E-state index in [0.29, 0.717) is 24.6 Å². The summed E-state index contributed by atoms with van der Waals surface area (Å²) in [5.41, 5.74) is 0.399. The standard InChI is InChI=1S/C19H25N3O3/c23-17(21-12-14-3-4-14)16-5-6-19(25-16)7-10-22(11-8-19)18(24)15-2-1-9-20-13-15/h1-2,9,13-14,16H,3-8,10-12H2,(H,21,23)/t16-/m0/s1. The van der Waals surface area contributed by atoms with Gasteiger partial charge in [-0.1, -0.05) is 0 Å². The van der Waals surface area contributed by atoms with Crippen molar-refractivity contribution in [3.63, 3.8) is 0 Å². The van der Waals surface area contributed by atoms with Gasteiger partial charge in [-0.15, -0.1) is 0 Å². The lowest BCUT2D eigenvalue weighted by Crippen LogP contribution is -2.47. The molecule has 1 saturated carbocycles. The van der Waals surface area contributed by atoms with E-state index >= 15 is 0 Å². The Bertz CT molecular complexity index is 637. The first-order chi connectivity index (χ1) is 12.2. The second-order valence-electron chi connectivity index (χ2n) is 7.55. The minimum absolute atomic E-state index is 0.0275. The third kappa shape index (κ3) is 3.68. The van der Waals surface area contributed by atoms with Gasteiger partial charge in [0, 0.05) is 32.0 Å². The summed E-state index contributed by atoms with van der Waals surface area (Å²) in [7, 11) is 0. The van der Waals surface area contributed by atoms with Gasteiger partial charge in [-0.2, -0.15) is 0 Å². The molecule has 0 aromatic carbocycles. The van der Waals surface area contributed by atoms with Gasteiger partial charge in [-0.05, 0) is 56.6 Å². The highest BCUT2D eigenvalue weighted by Gasteiger charge is 2.45. The van der Waals surface area contributed by atoms with E-state index in [1.54, 1.807) is 24.5 Å². The smallest absolute Gasteiger partial charge is 0.255 e. The molecule has 1 aromatic rings. The highest BCUT2D eigenvalue weighted by atomic mass is 16.5. The summed E-state index contributed by atoms with van der Waals surface area (Å²) < 4.78 is 6.18. The number of pyridine rings is 1. The van der Waals surface area contributed by atoms with Crippen molar-refractivity contribution in [1.82, 2.24) is 15.2 Å². The summed E-state index contributed by atoms with van der Waals surface area (Å²) in [4.78, 5) is 30.7. The minimum atomic E-state index is -0.320. The molecule has 25 heavy (non-hydrogen) atoms. The Labute approximate surface area is 147 Å². The number of nitrogens with zero attached hydrogens (tertiary/aromatic N) is 2. The zero-order valence-electron chi connectivity index (χ0n) is 14.4. The van der Waals surface area contributed by atoms with Gasteiger partial charge in [-0.3, -0.25) is 14.6 Å². The Morgan fingerprint density at radius 1 is 1.24 bits per heavy atom. The number of nitrogens with one attached hydrogen (secondary N) is 1. The Hall–Kier alpha value is -1.95. The normalized spacial score (nSPS) is 25.1. The largest absolute Gasteiger partial charge is 0.362 e. The Morgan fingerprint density at radius 3 is 2.72 bits per heavy atom. The van der Waals surface area contributed by atoms with Crippen LogP contribution in [0.25, 0.3) is 0 Å². The first kappa shape index (κ1) is 16.5. The van der Waals surface area contributed by atoms with E-state index in [1.165, 1.54) is 12.8 Å². The molecule has 134 valence electrons. The van der Waals surface area contributed by atoms with Crippen LogP contribution in [0.3, 0.4) is 0 Å². The van der Waals surface area contributed by atoms with Crippen molar-refractivity contribution in [1.29, 1.82) is 0 Å². The van der Waals surface area contributed by atoms with Gasteiger partial charge in [-0.25, -0.2) is 0 Å². The number of amides is 2. The number of rotatable bonds is 4. The summed E-state index contributed by atoms with van der Waals surface area (Å²) in [5, 5.41) is 3.02. The zero-order valence-corrected chi connectivity index (χ0v) is 14.4. The molecule has 4 rings (SSSR count). The fourth-order valence-corrected chi connectivity index (χ4v) is 3.84. The third-order valence-electron chi connectivity index (χ3n) is 5.68. The summed E-state index contributed by atoms with van der Waals surface area (Å²) >= 11 is 0. The zero-order chi connectivity index (χ0) is 17.3. The average molecular weight is 343 g/mol. The number of ether oxygens (including phenoxy) is 1. The van der Waals surface area contributed by atoms with E-state index in [9.17, 15) is 9.59 Å². The molecular weight excluding hydrogens is 318 g/mol. The van der Waals surface area contributed by atoms with Crippen LogP contribution in [0, 0.1) is 5.92 Å². The highest BCUT2D eigenvalue weighted by molar-refractivity contribution is 5.93. The Morgan fingerprint density at radius 2 is 2.04 bits per heavy atom. The summed E-state index contributed by atoms with van der Waals surface area (Å²) in [6.45, 7) is 2.13. The van der Waals surface area contributed by atoms with E-state index in [4.69, 9.17) is 4.74 Å².